The molecule has 4 aromatic rings. The summed E-state index contributed by atoms with van der Waals surface area (Å²) in [6.07, 6.45) is 0. The minimum atomic E-state index is -1.00. The molecule has 1 atom stereocenters. The van der Waals surface area contributed by atoms with Crippen LogP contribution in [0.25, 0.3) is 11.3 Å². The number of fused-ring (bicyclic) bond motifs is 2. The van der Waals surface area contributed by atoms with Gasteiger partial charge in [-0.3, -0.25) is 14.2 Å². The van der Waals surface area contributed by atoms with E-state index in [2.05, 4.69) is 21.2 Å². The Labute approximate surface area is 251 Å². The number of esters is 1. The van der Waals surface area contributed by atoms with Crippen molar-refractivity contribution in [2.75, 3.05) is 19.0 Å². The summed E-state index contributed by atoms with van der Waals surface area (Å²) in [6, 6.07) is 18.6. The van der Waals surface area contributed by atoms with Crippen molar-refractivity contribution in [3.63, 3.8) is 0 Å². The number of amides is 1. The predicted octanol–water partition coefficient (Wildman–Crippen LogP) is 4.68. The molecule has 41 heavy (non-hydrogen) atoms. The van der Waals surface area contributed by atoms with Crippen LogP contribution >= 0.6 is 38.9 Å². The number of carbonyl (C=O) groups is 2. The van der Waals surface area contributed by atoms with Crippen LogP contribution in [0.15, 0.2) is 86.6 Å². The number of benzene rings is 3. The van der Waals surface area contributed by atoms with E-state index in [-0.39, 0.29) is 22.3 Å². The Bertz CT molecular complexity index is 1970. The van der Waals surface area contributed by atoms with Crippen LogP contribution in [-0.2, 0) is 14.3 Å². The molecule has 3 heterocycles. The van der Waals surface area contributed by atoms with Gasteiger partial charge in [0.25, 0.3) is 11.5 Å². The molecule has 8 nitrogen and oxygen atoms in total. The van der Waals surface area contributed by atoms with E-state index in [1.54, 1.807) is 37.3 Å². The molecule has 3 aromatic carbocycles. The number of methoxy groups -OCH3 is 1. The second-order valence-electron chi connectivity index (χ2n) is 9.16. The molecule has 6 rings (SSSR count). The van der Waals surface area contributed by atoms with E-state index >= 15 is 0 Å². The van der Waals surface area contributed by atoms with Crippen LogP contribution in [0.2, 0.25) is 5.02 Å². The van der Waals surface area contributed by atoms with E-state index < -0.39 is 23.5 Å². The van der Waals surface area contributed by atoms with Crippen LogP contribution in [0.5, 0.6) is 5.75 Å². The van der Waals surface area contributed by atoms with E-state index in [1.807, 2.05) is 36.4 Å². The summed E-state index contributed by atoms with van der Waals surface area (Å²) in [7, 11) is 1.50. The first-order valence-electron chi connectivity index (χ1n) is 12.6. The number of nitrogens with zero attached hydrogens (tertiary/aromatic N) is 2. The minimum absolute atomic E-state index is 0.115. The third-order valence-electron chi connectivity index (χ3n) is 6.79. The minimum Gasteiger partial charge on any atom is -0.496 e. The first-order valence-corrected chi connectivity index (χ1v) is 14.6. The maximum atomic E-state index is 14.3. The second kappa shape index (κ2) is 10.8. The van der Waals surface area contributed by atoms with Crippen molar-refractivity contribution >= 4 is 67.7 Å². The standard InChI is InChI=1S/C30H21BrClN3O5S/c1-3-40-29(38)23-24(15-7-5-4-6-8-15)34-30-35(25(23)19-14-17(32)10-12-21(19)39-2)28(37)26(41-30)22-18-13-16(31)9-11-20(18)33-27(22)36/h4-14,25H,3H2,1-2H3,(H,33,36)/b26-22+/t25-/m1/s1. The van der Waals surface area contributed by atoms with Gasteiger partial charge in [-0.2, -0.15) is 0 Å². The van der Waals surface area contributed by atoms with Crippen LogP contribution in [-0.4, -0.2) is 30.2 Å². The van der Waals surface area contributed by atoms with Gasteiger partial charge in [-0.05, 0) is 43.3 Å². The molecular formula is C30H21BrClN3O5S. The lowest BCUT2D eigenvalue weighted by Crippen LogP contribution is -2.40. The third kappa shape index (κ3) is 4.61. The fraction of sp³-hybridized carbons (Fsp3) is 0.133. The highest BCUT2D eigenvalue weighted by Gasteiger charge is 2.38. The molecule has 0 radical (unpaired) electrons. The number of halogens is 2. The molecule has 0 saturated carbocycles. The van der Waals surface area contributed by atoms with E-state index in [4.69, 9.17) is 26.1 Å². The molecule has 0 bridgehead atoms. The molecule has 0 saturated heterocycles. The average molecular weight is 651 g/mol. The van der Waals surface area contributed by atoms with Crippen LogP contribution in [0.3, 0.4) is 0 Å². The van der Waals surface area contributed by atoms with Crippen molar-refractivity contribution in [2.45, 2.75) is 13.0 Å². The normalized spacial score (nSPS) is 17.0. The number of rotatable bonds is 5. The Morgan fingerprint density at radius 3 is 2.63 bits per heavy atom. The Morgan fingerprint density at radius 2 is 1.90 bits per heavy atom. The van der Waals surface area contributed by atoms with Gasteiger partial charge in [0.15, 0.2) is 4.80 Å². The Balaban J connectivity index is 1.76. The van der Waals surface area contributed by atoms with Gasteiger partial charge < -0.3 is 14.8 Å². The average Bonchev–Trinajstić information content (AvgIpc) is 3.46. The fourth-order valence-electron chi connectivity index (χ4n) is 5.07. The molecule has 0 fully saturated rings. The quantitative estimate of drug-likeness (QED) is 0.317. The zero-order chi connectivity index (χ0) is 28.8. The Kier molecular flexibility index (Phi) is 7.14. The highest BCUT2D eigenvalue weighted by molar-refractivity contribution is 9.10. The van der Waals surface area contributed by atoms with Crippen molar-refractivity contribution in [3.8, 4) is 5.75 Å². The van der Waals surface area contributed by atoms with E-state index in [9.17, 15) is 14.4 Å². The van der Waals surface area contributed by atoms with E-state index in [0.29, 0.717) is 43.6 Å². The number of nitrogens with one attached hydrogen (secondary N) is 1. The molecule has 2 aliphatic rings. The highest BCUT2D eigenvalue weighted by atomic mass is 79.9. The first-order chi connectivity index (χ1) is 19.8. The van der Waals surface area contributed by atoms with Gasteiger partial charge in [0.05, 0.1) is 30.6 Å². The SMILES string of the molecule is CCOC(=O)C1=C(c2ccccc2)N=c2s/c(=C3/C(=O)Nc4ccc(Br)cc43)c(=O)n2[C@@H]1c1cc(Cl)ccc1OC. The summed E-state index contributed by atoms with van der Waals surface area (Å²) in [5.41, 5.74) is 2.61. The zero-order valence-corrected chi connectivity index (χ0v) is 24.9. The summed E-state index contributed by atoms with van der Waals surface area (Å²) >= 11 is 11.0. The van der Waals surface area contributed by atoms with E-state index in [1.165, 1.54) is 11.7 Å². The lowest BCUT2D eigenvalue weighted by molar-refractivity contribution is -0.138. The highest BCUT2D eigenvalue weighted by Crippen LogP contribution is 2.40. The van der Waals surface area contributed by atoms with Crippen LogP contribution in [0, 0.1) is 0 Å². The van der Waals surface area contributed by atoms with Gasteiger partial charge in [-0.25, -0.2) is 9.79 Å². The lowest BCUT2D eigenvalue weighted by atomic mass is 9.92. The monoisotopic (exact) mass is 649 g/mol. The molecule has 11 heteroatoms. The first kappa shape index (κ1) is 27.2. The van der Waals surface area contributed by atoms with Crippen molar-refractivity contribution in [1.82, 2.24) is 4.57 Å². The summed E-state index contributed by atoms with van der Waals surface area (Å²) in [5.74, 6) is -0.609. The zero-order valence-electron chi connectivity index (χ0n) is 21.7. The lowest BCUT2D eigenvalue weighted by Gasteiger charge is -2.27. The van der Waals surface area contributed by atoms with Crippen LogP contribution in [0.4, 0.5) is 5.69 Å². The number of aromatic nitrogens is 1. The molecule has 1 amide bonds. The van der Waals surface area contributed by atoms with Crippen molar-refractivity contribution in [3.05, 3.63) is 118 Å². The van der Waals surface area contributed by atoms with Gasteiger partial charge in [-0.1, -0.05) is 69.2 Å². The molecule has 0 unspecified atom stereocenters. The van der Waals surface area contributed by atoms with Crippen molar-refractivity contribution in [2.24, 2.45) is 4.99 Å². The summed E-state index contributed by atoms with van der Waals surface area (Å²) in [5, 5.41) is 3.23. The second-order valence-corrected chi connectivity index (χ2v) is 11.5. The Hall–Kier alpha value is -3.99. The number of ether oxygens (including phenoxy) is 2. The topological polar surface area (TPSA) is 99.0 Å². The molecule has 0 spiro atoms. The van der Waals surface area contributed by atoms with Crippen molar-refractivity contribution < 1.29 is 19.1 Å². The molecule has 1 aromatic heterocycles. The van der Waals surface area contributed by atoms with Gasteiger partial charge in [-0.15, -0.1) is 0 Å². The maximum Gasteiger partial charge on any atom is 0.338 e. The number of carbonyl (C=O) groups excluding carboxylic acids is 2. The number of hydrogen-bond acceptors (Lipinski definition) is 7. The van der Waals surface area contributed by atoms with Crippen molar-refractivity contribution in [1.29, 1.82) is 0 Å². The largest absolute Gasteiger partial charge is 0.496 e. The Morgan fingerprint density at radius 1 is 1.12 bits per heavy atom. The molecule has 1 N–H and O–H groups in total. The van der Waals surface area contributed by atoms with Gasteiger partial charge in [0.2, 0.25) is 0 Å². The number of thiazole rings is 1. The molecule has 206 valence electrons. The molecule has 2 aliphatic heterocycles. The summed E-state index contributed by atoms with van der Waals surface area (Å²) in [4.78, 5) is 46.4. The van der Waals surface area contributed by atoms with E-state index in [0.717, 1.165) is 15.8 Å². The fourth-order valence-corrected chi connectivity index (χ4v) is 6.71. The predicted molar refractivity (Wildman–Crippen MR) is 161 cm³/mol. The molecular weight excluding hydrogens is 630 g/mol. The summed E-state index contributed by atoms with van der Waals surface area (Å²) < 4.78 is 13.6. The number of anilines is 1. The molecule has 0 aliphatic carbocycles. The van der Waals surface area contributed by atoms with Gasteiger partial charge in [0.1, 0.15) is 16.3 Å². The number of hydrogen-bond donors (Lipinski definition) is 1. The maximum absolute atomic E-state index is 14.3. The van der Waals surface area contributed by atoms with Crippen LogP contribution in [0.1, 0.15) is 29.7 Å². The summed E-state index contributed by atoms with van der Waals surface area (Å²) in [6.45, 7) is 1.82. The smallest absolute Gasteiger partial charge is 0.338 e. The van der Waals surface area contributed by atoms with Gasteiger partial charge in [0, 0.05) is 31.9 Å². The third-order valence-corrected chi connectivity index (χ3v) is 8.57. The van der Waals surface area contributed by atoms with Gasteiger partial charge >= 0.3 is 5.97 Å². The van der Waals surface area contributed by atoms with Crippen LogP contribution < -0.4 is 24.9 Å².